The van der Waals surface area contributed by atoms with Gasteiger partial charge < -0.3 is 26.6 Å². The first-order chi connectivity index (χ1) is 17.0. The lowest BCUT2D eigenvalue weighted by Crippen LogP contribution is -2.35. The van der Waals surface area contributed by atoms with Gasteiger partial charge in [-0.05, 0) is 87.5 Å². The minimum Gasteiger partial charge on any atom is -0.372 e. The van der Waals surface area contributed by atoms with Crippen LogP contribution in [0.5, 0.6) is 0 Å². The number of carbonyl (C=O) groups excluding carboxylic acids is 1. The van der Waals surface area contributed by atoms with Crippen molar-refractivity contribution < 1.29 is 4.79 Å². The molecule has 2 fully saturated rings. The Bertz CT molecular complexity index is 1080. The fourth-order valence-electron chi connectivity index (χ4n) is 4.53. The highest BCUT2D eigenvalue weighted by Crippen LogP contribution is 2.25. The molecule has 35 heavy (non-hydrogen) atoms. The molecule has 1 atom stereocenters. The summed E-state index contributed by atoms with van der Waals surface area (Å²) in [7, 11) is 0. The van der Waals surface area contributed by atoms with Gasteiger partial charge in [0.2, 0.25) is 5.91 Å². The Morgan fingerprint density at radius 3 is 2.31 bits per heavy atom. The molecule has 7 nitrogen and oxygen atoms in total. The normalized spacial score (nSPS) is 19.2. The van der Waals surface area contributed by atoms with E-state index >= 15 is 0 Å². The highest BCUT2D eigenvalue weighted by atomic mass is 16.2. The van der Waals surface area contributed by atoms with Gasteiger partial charge >= 0.3 is 0 Å². The number of nitrogens with two attached hydrogens (primary N) is 1. The molecule has 0 radical (unpaired) electrons. The van der Waals surface area contributed by atoms with Gasteiger partial charge in [-0.25, -0.2) is 4.99 Å². The highest BCUT2D eigenvalue weighted by molar-refractivity contribution is 5.97. The summed E-state index contributed by atoms with van der Waals surface area (Å²) in [4.78, 5) is 19.5. The molecular weight excluding hydrogens is 436 g/mol. The minimum atomic E-state index is -0.113. The summed E-state index contributed by atoms with van der Waals surface area (Å²) < 4.78 is 0. The summed E-state index contributed by atoms with van der Waals surface area (Å²) in [5.41, 5.74) is 11.7. The number of nitrogens with one attached hydrogen (secondary N) is 3. The van der Waals surface area contributed by atoms with Crippen LogP contribution >= 0.6 is 0 Å². The second-order valence-corrected chi connectivity index (χ2v) is 9.17. The van der Waals surface area contributed by atoms with E-state index in [0.717, 1.165) is 60.7 Å². The van der Waals surface area contributed by atoms with E-state index in [1.807, 2.05) is 43.3 Å². The van der Waals surface area contributed by atoms with Crippen LogP contribution in [0.15, 0.2) is 71.8 Å². The topological polar surface area (TPSA) is 94.8 Å². The lowest BCUT2D eigenvalue weighted by molar-refractivity contribution is -0.117. The third-order valence-electron chi connectivity index (χ3n) is 6.58. The Morgan fingerprint density at radius 1 is 1.03 bits per heavy atom. The number of aliphatic imine (C=N–C) groups is 1. The molecule has 0 aliphatic carbocycles. The van der Waals surface area contributed by atoms with Crippen molar-refractivity contribution >= 4 is 34.6 Å². The molecular formula is C28H36N6O. The van der Waals surface area contributed by atoms with Crippen LogP contribution in [0, 0.1) is 0 Å². The van der Waals surface area contributed by atoms with Crippen molar-refractivity contribution in [3.8, 4) is 0 Å². The SMILES string of the molecule is C=C/C(C)=C(\N=C(/N)Nc1ccc(N2CCCCC2)cc1)c1ccc(NC(=O)[C@H]2CCCN2)cc1. The molecule has 0 aromatic heterocycles. The molecule has 2 aliphatic rings. The van der Waals surface area contributed by atoms with Crippen molar-refractivity contribution in [3.05, 3.63) is 72.3 Å². The molecule has 184 valence electrons. The van der Waals surface area contributed by atoms with Crippen molar-refractivity contribution in [2.45, 2.75) is 45.1 Å². The molecule has 2 aromatic carbocycles. The Balaban J connectivity index is 1.44. The molecule has 2 heterocycles. The maximum atomic E-state index is 12.4. The van der Waals surface area contributed by atoms with Gasteiger partial charge in [-0.15, -0.1) is 0 Å². The molecule has 2 aliphatic heterocycles. The van der Waals surface area contributed by atoms with Gasteiger partial charge in [-0.1, -0.05) is 24.8 Å². The van der Waals surface area contributed by atoms with Crippen LogP contribution < -0.4 is 26.6 Å². The number of hydrogen-bond acceptors (Lipinski definition) is 4. The molecule has 2 saturated heterocycles. The number of rotatable bonds is 7. The number of benzene rings is 2. The molecule has 0 spiro atoms. The first-order valence-electron chi connectivity index (χ1n) is 12.5. The average Bonchev–Trinajstić information content (AvgIpc) is 3.44. The van der Waals surface area contributed by atoms with Crippen molar-refractivity contribution in [1.29, 1.82) is 0 Å². The molecule has 5 N–H and O–H groups in total. The van der Waals surface area contributed by atoms with Gasteiger partial charge in [0.25, 0.3) is 0 Å². The van der Waals surface area contributed by atoms with E-state index in [4.69, 9.17) is 5.73 Å². The maximum Gasteiger partial charge on any atom is 0.241 e. The molecule has 0 unspecified atom stereocenters. The molecule has 1 amide bonds. The monoisotopic (exact) mass is 472 g/mol. The number of nitrogens with zero attached hydrogens (tertiary/aromatic N) is 2. The number of anilines is 3. The van der Waals surface area contributed by atoms with Crippen molar-refractivity contribution in [1.82, 2.24) is 5.32 Å². The molecule has 4 rings (SSSR count). The summed E-state index contributed by atoms with van der Waals surface area (Å²) in [5, 5.41) is 9.40. The van der Waals surface area contributed by atoms with E-state index < -0.39 is 0 Å². The number of amides is 1. The summed E-state index contributed by atoms with van der Waals surface area (Å²) in [6.45, 7) is 8.97. The second kappa shape index (κ2) is 11.7. The first-order valence-corrected chi connectivity index (χ1v) is 12.5. The van der Waals surface area contributed by atoms with Crippen molar-refractivity contribution in [2.75, 3.05) is 35.2 Å². The average molecular weight is 473 g/mol. The molecule has 0 bridgehead atoms. The maximum absolute atomic E-state index is 12.4. The molecule has 2 aromatic rings. The van der Waals surface area contributed by atoms with Gasteiger partial charge in [-0.2, -0.15) is 0 Å². The zero-order valence-corrected chi connectivity index (χ0v) is 20.5. The number of guanidine groups is 1. The van der Waals surface area contributed by atoms with Crippen LogP contribution in [0.1, 0.15) is 44.6 Å². The van der Waals surface area contributed by atoms with Crippen LogP contribution in [0.4, 0.5) is 17.1 Å². The second-order valence-electron chi connectivity index (χ2n) is 9.17. The van der Waals surface area contributed by atoms with Crippen LogP contribution in [-0.4, -0.2) is 37.5 Å². The largest absolute Gasteiger partial charge is 0.372 e. The van der Waals surface area contributed by atoms with Gasteiger partial charge in [0.15, 0.2) is 5.96 Å². The van der Waals surface area contributed by atoms with Crippen LogP contribution in [-0.2, 0) is 4.79 Å². The smallest absolute Gasteiger partial charge is 0.241 e. The van der Waals surface area contributed by atoms with E-state index in [0.29, 0.717) is 5.96 Å². The predicted molar refractivity (Wildman–Crippen MR) is 147 cm³/mol. The highest BCUT2D eigenvalue weighted by Gasteiger charge is 2.21. The van der Waals surface area contributed by atoms with E-state index in [1.165, 1.54) is 24.9 Å². The number of carbonyl (C=O) groups is 1. The van der Waals surface area contributed by atoms with E-state index in [-0.39, 0.29) is 11.9 Å². The fourth-order valence-corrected chi connectivity index (χ4v) is 4.53. The quantitative estimate of drug-likeness (QED) is 0.266. The Labute approximate surface area is 208 Å². The van der Waals surface area contributed by atoms with Gasteiger partial charge in [0.05, 0.1) is 11.7 Å². The first kappa shape index (κ1) is 24.5. The Morgan fingerprint density at radius 2 is 1.69 bits per heavy atom. The fraction of sp³-hybridized carbons (Fsp3) is 0.357. The van der Waals surface area contributed by atoms with Crippen LogP contribution in [0.2, 0.25) is 0 Å². The van der Waals surface area contributed by atoms with Crippen molar-refractivity contribution in [2.24, 2.45) is 10.7 Å². The Kier molecular flexibility index (Phi) is 8.21. The van der Waals surface area contributed by atoms with E-state index in [1.54, 1.807) is 6.08 Å². The van der Waals surface area contributed by atoms with Crippen LogP contribution in [0.25, 0.3) is 5.70 Å². The van der Waals surface area contributed by atoms with Gasteiger partial charge in [0, 0.05) is 35.7 Å². The Hall–Kier alpha value is -3.58. The zero-order valence-electron chi connectivity index (χ0n) is 20.5. The van der Waals surface area contributed by atoms with Crippen molar-refractivity contribution in [3.63, 3.8) is 0 Å². The lowest BCUT2D eigenvalue weighted by atomic mass is 10.1. The van der Waals surface area contributed by atoms with Crippen LogP contribution in [0.3, 0.4) is 0 Å². The number of hydrogen-bond donors (Lipinski definition) is 4. The van der Waals surface area contributed by atoms with Gasteiger partial charge in [-0.3, -0.25) is 4.79 Å². The summed E-state index contributed by atoms with van der Waals surface area (Å²) in [6.07, 6.45) is 7.49. The molecule has 7 heteroatoms. The number of allylic oxidation sites excluding steroid dienone is 2. The van der Waals surface area contributed by atoms with Gasteiger partial charge in [0.1, 0.15) is 0 Å². The summed E-state index contributed by atoms with van der Waals surface area (Å²) in [5.74, 6) is 0.308. The number of piperidine rings is 1. The summed E-state index contributed by atoms with van der Waals surface area (Å²) in [6, 6.07) is 15.8. The molecule has 0 saturated carbocycles. The third-order valence-corrected chi connectivity index (χ3v) is 6.58. The zero-order chi connectivity index (χ0) is 24.6. The predicted octanol–water partition coefficient (Wildman–Crippen LogP) is 4.71. The van der Waals surface area contributed by atoms with E-state index in [2.05, 4.69) is 44.6 Å². The minimum absolute atomic E-state index is 0.00561. The van der Waals surface area contributed by atoms with E-state index in [9.17, 15) is 4.79 Å². The standard InChI is InChI=1S/C28H36N6O/c1-3-20(2)26(21-9-11-22(12-10-21)31-27(35)25-8-7-17-30-25)33-28(29)32-23-13-15-24(16-14-23)34-18-5-4-6-19-34/h3,9-16,25,30H,1,4-8,17-19H2,2H3,(H,31,35)(H3,29,32,33)/b26-20-/t25-/m1/s1. The third kappa shape index (κ3) is 6.51. The lowest BCUT2D eigenvalue weighted by Gasteiger charge is -2.28. The summed E-state index contributed by atoms with van der Waals surface area (Å²) >= 11 is 0.